The Balaban J connectivity index is 2.91. The van der Waals surface area contributed by atoms with E-state index in [0.29, 0.717) is 17.9 Å². The van der Waals surface area contributed by atoms with E-state index in [1.807, 2.05) is 6.92 Å². The van der Waals surface area contributed by atoms with E-state index < -0.39 is 0 Å². The van der Waals surface area contributed by atoms with Crippen molar-refractivity contribution in [2.75, 3.05) is 20.2 Å². The topological polar surface area (TPSA) is 58.6 Å². The zero-order chi connectivity index (χ0) is 11.3. The van der Waals surface area contributed by atoms with Crippen LogP contribution in [0.3, 0.4) is 0 Å². The Bertz CT molecular complexity index is 350. The Morgan fingerprint density at radius 3 is 2.87 bits per heavy atom. The molecule has 0 fully saturated rings. The Labute approximate surface area is 88.9 Å². The molecule has 1 aromatic carbocycles. The molecule has 4 nitrogen and oxygen atoms in total. The number of rotatable bonds is 5. The highest BCUT2D eigenvalue weighted by Gasteiger charge is 2.08. The molecule has 0 aromatic heterocycles. The minimum atomic E-state index is -0.0292. The summed E-state index contributed by atoms with van der Waals surface area (Å²) in [5, 5.41) is 12.2. The summed E-state index contributed by atoms with van der Waals surface area (Å²) >= 11 is 0. The molecule has 0 bridgehead atoms. The van der Waals surface area contributed by atoms with Crippen molar-refractivity contribution in [1.29, 1.82) is 0 Å². The van der Waals surface area contributed by atoms with E-state index in [4.69, 9.17) is 4.74 Å². The maximum Gasteiger partial charge on any atom is 0.176 e. The van der Waals surface area contributed by atoms with Crippen molar-refractivity contribution in [3.63, 3.8) is 0 Å². The lowest BCUT2D eigenvalue weighted by atomic mass is 10.1. The number of likely N-dealkylation sites (N-methyl/N-ethyl adjacent to an activating group) is 1. The van der Waals surface area contributed by atoms with E-state index in [-0.39, 0.29) is 18.1 Å². The van der Waals surface area contributed by atoms with Crippen LogP contribution in [-0.2, 0) is 0 Å². The number of benzene rings is 1. The summed E-state index contributed by atoms with van der Waals surface area (Å²) < 4.78 is 5.18. The minimum Gasteiger partial charge on any atom is -0.504 e. The van der Waals surface area contributed by atoms with Crippen LogP contribution in [0.2, 0.25) is 0 Å². The smallest absolute Gasteiger partial charge is 0.176 e. The Kier molecular flexibility index (Phi) is 4.12. The molecule has 0 amide bonds. The van der Waals surface area contributed by atoms with Gasteiger partial charge in [0, 0.05) is 5.56 Å². The summed E-state index contributed by atoms with van der Waals surface area (Å²) in [7, 11) is 1.71. The highest BCUT2D eigenvalue weighted by molar-refractivity contribution is 5.98. The molecule has 1 aromatic rings. The largest absolute Gasteiger partial charge is 0.504 e. The molecule has 2 N–H and O–H groups in total. The van der Waals surface area contributed by atoms with Crippen molar-refractivity contribution < 1.29 is 14.6 Å². The second kappa shape index (κ2) is 5.36. The molecule has 0 aliphatic rings. The molecule has 0 saturated heterocycles. The van der Waals surface area contributed by atoms with Gasteiger partial charge in [0.05, 0.1) is 13.2 Å². The zero-order valence-electron chi connectivity index (χ0n) is 8.91. The molecule has 0 aliphatic heterocycles. The number of phenolic OH excluding ortho intramolecular Hbond substituents is 1. The molecule has 15 heavy (non-hydrogen) atoms. The quantitative estimate of drug-likeness (QED) is 0.715. The van der Waals surface area contributed by atoms with Crippen LogP contribution in [0.1, 0.15) is 17.3 Å². The second-order valence-electron chi connectivity index (χ2n) is 3.07. The standard InChI is InChI=1S/C11H15NO3/c1-3-15-11-6-8(4-5-9(11)13)10(14)7-12-2/h4-6,12-13H,3,7H2,1-2H3. The molecule has 0 aliphatic carbocycles. The Morgan fingerprint density at radius 2 is 2.27 bits per heavy atom. The number of carbonyl (C=O) groups excluding carboxylic acids is 1. The van der Waals surface area contributed by atoms with Crippen LogP contribution in [0.25, 0.3) is 0 Å². The van der Waals surface area contributed by atoms with Gasteiger partial charge in [-0.2, -0.15) is 0 Å². The third-order valence-electron chi connectivity index (χ3n) is 1.92. The average molecular weight is 209 g/mol. The number of ketones is 1. The van der Waals surface area contributed by atoms with Gasteiger partial charge in [-0.1, -0.05) is 0 Å². The van der Waals surface area contributed by atoms with Gasteiger partial charge in [-0.15, -0.1) is 0 Å². The van der Waals surface area contributed by atoms with Gasteiger partial charge >= 0.3 is 0 Å². The van der Waals surface area contributed by atoms with Crippen molar-refractivity contribution in [1.82, 2.24) is 5.32 Å². The lowest BCUT2D eigenvalue weighted by Gasteiger charge is -2.07. The first-order chi connectivity index (χ1) is 7.19. The maximum absolute atomic E-state index is 11.5. The fourth-order valence-corrected chi connectivity index (χ4v) is 1.22. The first-order valence-electron chi connectivity index (χ1n) is 4.82. The normalized spacial score (nSPS) is 10.0. The van der Waals surface area contributed by atoms with E-state index in [1.54, 1.807) is 19.2 Å². The molecular formula is C11H15NO3. The van der Waals surface area contributed by atoms with Gasteiger partial charge in [0.1, 0.15) is 0 Å². The van der Waals surface area contributed by atoms with Gasteiger partial charge < -0.3 is 15.2 Å². The van der Waals surface area contributed by atoms with Crippen molar-refractivity contribution in [3.8, 4) is 11.5 Å². The summed E-state index contributed by atoms with van der Waals surface area (Å²) in [5.41, 5.74) is 0.533. The van der Waals surface area contributed by atoms with Crippen LogP contribution in [0.5, 0.6) is 11.5 Å². The van der Waals surface area contributed by atoms with E-state index >= 15 is 0 Å². The summed E-state index contributed by atoms with van der Waals surface area (Å²) in [4.78, 5) is 11.5. The highest BCUT2D eigenvalue weighted by atomic mass is 16.5. The van der Waals surface area contributed by atoms with Crippen molar-refractivity contribution in [2.45, 2.75) is 6.92 Å². The predicted octanol–water partition coefficient (Wildman–Crippen LogP) is 1.19. The molecule has 4 heteroatoms. The van der Waals surface area contributed by atoms with Gasteiger partial charge in [-0.05, 0) is 32.2 Å². The van der Waals surface area contributed by atoms with E-state index in [2.05, 4.69) is 5.32 Å². The van der Waals surface area contributed by atoms with Crippen LogP contribution >= 0.6 is 0 Å². The summed E-state index contributed by atoms with van der Waals surface area (Å²) in [6, 6.07) is 4.60. The predicted molar refractivity (Wildman–Crippen MR) is 57.5 cm³/mol. The number of nitrogens with one attached hydrogen (secondary N) is 1. The summed E-state index contributed by atoms with van der Waals surface area (Å²) in [5.74, 6) is 0.371. The second-order valence-corrected chi connectivity index (χ2v) is 3.07. The molecule has 0 atom stereocenters. The van der Waals surface area contributed by atoms with Crippen LogP contribution in [0, 0.1) is 0 Å². The van der Waals surface area contributed by atoms with Crippen LogP contribution < -0.4 is 10.1 Å². The molecule has 0 saturated carbocycles. The maximum atomic E-state index is 11.5. The number of hydrogen-bond donors (Lipinski definition) is 2. The number of Topliss-reactive ketones (excluding diaryl/α,β-unsaturated/α-hetero) is 1. The first-order valence-corrected chi connectivity index (χ1v) is 4.82. The van der Waals surface area contributed by atoms with Gasteiger partial charge in [0.2, 0.25) is 0 Å². The number of ether oxygens (including phenoxy) is 1. The lowest BCUT2D eigenvalue weighted by Crippen LogP contribution is -2.18. The van der Waals surface area contributed by atoms with Gasteiger partial charge in [0.15, 0.2) is 17.3 Å². The third-order valence-corrected chi connectivity index (χ3v) is 1.92. The molecular weight excluding hydrogens is 194 g/mol. The van der Waals surface area contributed by atoms with Gasteiger partial charge in [0.25, 0.3) is 0 Å². The number of aromatic hydroxyl groups is 1. The number of phenols is 1. The van der Waals surface area contributed by atoms with E-state index in [9.17, 15) is 9.90 Å². The highest BCUT2D eigenvalue weighted by Crippen LogP contribution is 2.26. The van der Waals surface area contributed by atoms with E-state index in [1.165, 1.54) is 6.07 Å². The number of hydrogen-bond acceptors (Lipinski definition) is 4. The van der Waals surface area contributed by atoms with Crippen molar-refractivity contribution in [2.24, 2.45) is 0 Å². The third kappa shape index (κ3) is 2.95. The molecule has 82 valence electrons. The average Bonchev–Trinajstić information content (AvgIpc) is 2.22. The SMILES string of the molecule is CCOc1cc(C(=O)CNC)ccc1O. The fraction of sp³-hybridized carbons (Fsp3) is 0.364. The fourth-order valence-electron chi connectivity index (χ4n) is 1.22. The molecule has 0 spiro atoms. The van der Waals surface area contributed by atoms with Gasteiger partial charge in [-0.25, -0.2) is 0 Å². The lowest BCUT2D eigenvalue weighted by molar-refractivity contribution is 0.0993. The molecule has 1 rings (SSSR count). The summed E-state index contributed by atoms with van der Waals surface area (Å²) in [6.45, 7) is 2.55. The molecule has 0 unspecified atom stereocenters. The Morgan fingerprint density at radius 1 is 1.53 bits per heavy atom. The van der Waals surface area contributed by atoms with Crippen LogP contribution in [-0.4, -0.2) is 31.1 Å². The van der Waals surface area contributed by atoms with Crippen molar-refractivity contribution in [3.05, 3.63) is 23.8 Å². The first kappa shape index (κ1) is 11.5. The van der Waals surface area contributed by atoms with Crippen LogP contribution in [0.4, 0.5) is 0 Å². The van der Waals surface area contributed by atoms with Gasteiger partial charge in [-0.3, -0.25) is 4.79 Å². The molecule has 0 radical (unpaired) electrons. The monoisotopic (exact) mass is 209 g/mol. The Hall–Kier alpha value is -1.55. The van der Waals surface area contributed by atoms with Crippen molar-refractivity contribution >= 4 is 5.78 Å². The zero-order valence-corrected chi connectivity index (χ0v) is 8.91. The number of carbonyl (C=O) groups is 1. The molecule has 0 heterocycles. The minimum absolute atomic E-state index is 0.0292. The van der Waals surface area contributed by atoms with E-state index in [0.717, 1.165) is 0 Å². The summed E-state index contributed by atoms with van der Waals surface area (Å²) in [6.07, 6.45) is 0. The van der Waals surface area contributed by atoms with Crippen LogP contribution in [0.15, 0.2) is 18.2 Å².